The van der Waals surface area contributed by atoms with Crippen molar-refractivity contribution < 1.29 is 4.74 Å². The second kappa shape index (κ2) is 4.33. The molecule has 1 rings (SSSR count). The zero-order chi connectivity index (χ0) is 11.8. The summed E-state index contributed by atoms with van der Waals surface area (Å²) in [7, 11) is 3.12. The van der Waals surface area contributed by atoms with Crippen molar-refractivity contribution in [2.45, 2.75) is 14.8 Å². The maximum atomic E-state index is 12.0. The van der Waals surface area contributed by atoms with Crippen molar-refractivity contribution in [2.75, 3.05) is 7.11 Å². The first-order chi connectivity index (χ1) is 6.79. The standard InChI is InChI=1S/C6H6ClN2O2.3CH3.Sn/c1-9-5(10)3-4(11-2)6(7)8-9;;;;/h1-2H3;3*1H3;. The zero-order valence-corrected chi connectivity index (χ0v) is 13.2. The molecule has 0 aliphatic rings. The normalized spacial score (nSPS) is 11.6. The van der Waals surface area contributed by atoms with Crippen LogP contribution in [-0.4, -0.2) is 35.3 Å². The molecule has 0 aliphatic carbocycles. The van der Waals surface area contributed by atoms with Crippen molar-refractivity contribution in [1.82, 2.24) is 9.78 Å². The molecule has 0 bridgehead atoms. The minimum absolute atomic E-state index is 0.0837. The van der Waals surface area contributed by atoms with Crippen molar-refractivity contribution >= 4 is 33.6 Å². The average Bonchev–Trinajstić information content (AvgIpc) is 2.08. The second-order valence-corrected chi connectivity index (χ2v) is 19.0. The van der Waals surface area contributed by atoms with E-state index in [0.717, 1.165) is 3.58 Å². The van der Waals surface area contributed by atoms with Gasteiger partial charge >= 0.3 is 98.3 Å². The molecule has 1 heterocycles. The van der Waals surface area contributed by atoms with Crippen LogP contribution in [0, 0.1) is 0 Å². The number of ether oxygens (including phenoxy) is 1. The van der Waals surface area contributed by atoms with Crippen LogP contribution >= 0.6 is 11.6 Å². The van der Waals surface area contributed by atoms with Gasteiger partial charge in [0.05, 0.1) is 0 Å². The number of halogens is 1. The number of nitrogens with zero attached hydrogens (tertiary/aromatic N) is 2. The maximum absolute atomic E-state index is 12.0. The summed E-state index contributed by atoms with van der Waals surface area (Å²) in [5.41, 5.74) is -0.0837. The van der Waals surface area contributed by atoms with Gasteiger partial charge in [0.15, 0.2) is 0 Å². The Morgan fingerprint density at radius 2 is 1.93 bits per heavy atom. The molecular formula is C9H15ClN2O2Sn. The molecule has 0 unspecified atom stereocenters. The zero-order valence-electron chi connectivity index (χ0n) is 9.59. The first-order valence-corrected chi connectivity index (χ1v) is 15.0. The Kier molecular flexibility index (Phi) is 3.71. The predicted octanol–water partition coefficient (Wildman–Crippen LogP) is 0.987. The number of methoxy groups -OCH3 is 1. The molecule has 0 aliphatic heterocycles. The van der Waals surface area contributed by atoms with Crippen LogP contribution in [0.3, 0.4) is 0 Å². The van der Waals surface area contributed by atoms with E-state index < -0.39 is 18.4 Å². The molecule has 0 radical (unpaired) electrons. The summed E-state index contributed by atoms with van der Waals surface area (Å²) in [5.74, 6) is 0.461. The second-order valence-electron chi connectivity index (χ2n) is 4.38. The summed E-state index contributed by atoms with van der Waals surface area (Å²) in [5, 5.41) is 4.16. The van der Waals surface area contributed by atoms with E-state index in [0.29, 0.717) is 5.75 Å². The molecule has 15 heavy (non-hydrogen) atoms. The fourth-order valence-electron chi connectivity index (χ4n) is 1.43. The average molecular weight is 337 g/mol. The third-order valence-electron chi connectivity index (χ3n) is 2.11. The molecule has 4 nitrogen and oxygen atoms in total. The van der Waals surface area contributed by atoms with Gasteiger partial charge in [-0.2, -0.15) is 0 Å². The van der Waals surface area contributed by atoms with Crippen molar-refractivity contribution in [3.63, 3.8) is 0 Å². The fourth-order valence-corrected chi connectivity index (χ4v) is 6.81. The first kappa shape index (κ1) is 12.8. The third kappa shape index (κ3) is 2.47. The van der Waals surface area contributed by atoms with E-state index in [4.69, 9.17) is 16.3 Å². The van der Waals surface area contributed by atoms with Gasteiger partial charge in [-0.25, -0.2) is 0 Å². The van der Waals surface area contributed by atoms with E-state index in [-0.39, 0.29) is 10.7 Å². The van der Waals surface area contributed by atoms with Crippen molar-refractivity contribution in [3.8, 4) is 5.75 Å². The Morgan fingerprint density at radius 3 is 2.33 bits per heavy atom. The van der Waals surface area contributed by atoms with E-state index in [1.807, 2.05) is 0 Å². The summed E-state index contributed by atoms with van der Waals surface area (Å²) in [6, 6.07) is 0. The third-order valence-corrected chi connectivity index (χ3v) is 7.90. The Balaban J connectivity index is 3.67. The molecule has 6 heteroatoms. The summed E-state index contributed by atoms with van der Waals surface area (Å²) in [6.07, 6.45) is 0. The van der Waals surface area contributed by atoms with Crippen LogP contribution in [0.5, 0.6) is 5.75 Å². The van der Waals surface area contributed by atoms with Gasteiger partial charge in [0.25, 0.3) is 0 Å². The molecule has 0 aromatic carbocycles. The number of aryl methyl sites for hydroxylation is 1. The van der Waals surface area contributed by atoms with Gasteiger partial charge in [0.1, 0.15) is 0 Å². The van der Waals surface area contributed by atoms with Crippen LogP contribution < -0.4 is 13.9 Å². The van der Waals surface area contributed by atoms with Crippen LogP contribution in [0.15, 0.2) is 4.79 Å². The quantitative estimate of drug-likeness (QED) is 0.756. The molecule has 0 N–H and O–H groups in total. The Hall–Kier alpha value is -0.231. The SMILES string of the molecule is COc1c(Cl)nn(C)c(=O)[c]1[Sn]([CH3])([CH3])[CH3]. The Morgan fingerprint density at radius 1 is 1.40 bits per heavy atom. The van der Waals surface area contributed by atoms with Crippen molar-refractivity contribution in [1.29, 1.82) is 0 Å². The number of hydrogen-bond acceptors (Lipinski definition) is 3. The van der Waals surface area contributed by atoms with Crippen molar-refractivity contribution in [2.24, 2.45) is 7.05 Å². The topological polar surface area (TPSA) is 44.1 Å². The number of hydrogen-bond donors (Lipinski definition) is 0. The van der Waals surface area contributed by atoms with Gasteiger partial charge in [0.2, 0.25) is 0 Å². The van der Waals surface area contributed by atoms with Gasteiger partial charge < -0.3 is 0 Å². The fraction of sp³-hybridized carbons (Fsp3) is 0.556. The van der Waals surface area contributed by atoms with Crippen LogP contribution in [0.25, 0.3) is 0 Å². The van der Waals surface area contributed by atoms with Crippen LogP contribution in [-0.2, 0) is 7.05 Å². The predicted molar refractivity (Wildman–Crippen MR) is 64.0 cm³/mol. The van der Waals surface area contributed by atoms with Crippen LogP contribution in [0.2, 0.25) is 20.0 Å². The van der Waals surface area contributed by atoms with Gasteiger partial charge in [-0.15, -0.1) is 0 Å². The van der Waals surface area contributed by atoms with Crippen LogP contribution in [0.1, 0.15) is 0 Å². The van der Waals surface area contributed by atoms with E-state index in [9.17, 15) is 4.79 Å². The molecule has 0 amide bonds. The molecule has 0 saturated carbocycles. The monoisotopic (exact) mass is 338 g/mol. The van der Waals surface area contributed by atoms with E-state index in [2.05, 4.69) is 19.9 Å². The molecule has 84 valence electrons. The Bertz CT molecular complexity index is 437. The van der Waals surface area contributed by atoms with E-state index in [1.165, 1.54) is 11.8 Å². The van der Waals surface area contributed by atoms with Crippen molar-refractivity contribution in [3.05, 3.63) is 15.5 Å². The van der Waals surface area contributed by atoms with Gasteiger partial charge in [0, 0.05) is 0 Å². The van der Waals surface area contributed by atoms with E-state index >= 15 is 0 Å². The number of rotatable bonds is 2. The van der Waals surface area contributed by atoms with Crippen LogP contribution in [0.4, 0.5) is 0 Å². The minimum atomic E-state index is -2.54. The summed E-state index contributed by atoms with van der Waals surface area (Å²) in [6.45, 7) is 0. The van der Waals surface area contributed by atoms with E-state index in [1.54, 1.807) is 7.05 Å². The molecule has 0 atom stereocenters. The molecule has 0 spiro atoms. The molecular weight excluding hydrogens is 322 g/mol. The molecule has 1 aromatic heterocycles. The van der Waals surface area contributed by atoms with Gasteiger partial charge in [-0.1, -0.05) is 0 Å². The molecule has 0 saturated heterocycles. The van der Waals surface area contributed by atoms with Gasteiger partial charge in [-0.05, 0) is 0 Å². The summed E-state index contributed by atoms with van der Waals surface area (Å²) in [4.78, 5) is 18.4. The number of aromatic nitrogens is 2. The first-order valence-electron chi connectivity index (χ1n) is 4.60. The van der Waals surface area contributed by atoms with Gasteiger partial charge in [-0.3, -0.25) is 0 Å². The molecule has 1 aromatic rings. The Labute approximate surface area is 98.1 Å². The summed E-state index contributed by atoms with van der Waals surface area (Å²) < 4.78 is 7.22. The molecule has 0 fully saturated rings. The summed E-state index contributed by atoms with van der Waals surface area (Å²) >= 11 is 3.41.